The van der Waals surface area contributed by atoms with Gasteiger partial charge in [-0.15, -0.1) is 0 Å². The highest BCUT2D eigenvalue weighted by molar-refractivity contribution is 5.94. The van der Waals surface area contributed by atoms with Crippen LogP contribution in [0.4, 0.5) is 0 Å². The first-order chi connectivity index (χ1) is 28.3. The van der Waals surface area contributed by atoms with Gasteiger partial charge in [0.2, 0.25) is 0 Å². The molecule has 0 aromatic heterocycles. The van der Waals surface area contributed by atoms with E-state index >= 15 is 0 Å². The third kappa shape index (κ3) is 14.9. The lowest BCUT2D eigenvalue weighted by atomic mass is 9.93. The summed E-state index contributed by atoms with van der Waals surface area (Å²) in [7, 11) is 0. The van der Waals surface area contributed by atoms with Crippen LogP contribution in [0.3, 0.4) is 0 Å². The van der Waals surface area contributed by atoms with Crippen molar-refractivity contribution in [2.75, 3.05) is 0 Å². The Morgan fingerprint density at radius 3 is 1.02 bits per heavy atom. The Balaban J connectivity index is 1.33. The molecule has 0 radical (unpaired) electrons. The minimum atomic E-state index is -1.98. The largest absolute Gasteiger partial charge is 0.509 e. The maximum atomic E-state index is 11.0. The number of benzene rings is 4. The van der Waals surface area contributed by atoms with Crippen molar-refractivity contribution in [2.24, 2.45) is 0 Å². The molecule has 318 valence electrons. The molecular weight excluding hydrogens is 721 g/mol. The molecule has 0 fully saturated rings. The quantitative estimate of drug-likeness (QED) is 0.0240. The Bertz CT molecular complexity index is 1690. The zero-order valence-corrected chi connectivity index (χ0v) is 35.6. The van der Waals surface area contributed by atoms with Crippen LogP contribution in [0, 0.1) is 0 Å². The van der Waals surface area contributed by atoms with Crippen molar-refractivity contribution in [2.45, 2.75) is 180 Å². The van der Waals surface area contributed by atoms with Crippen molar-refractivity contribution in [1.29, 1.82) is 0 Å². The Kier molecular flexibility index (Phi) is 21.4. The smallest absolute Gasteiger partial charge is 0.139 e. The van der Waals surface area contributed by atoms with Crippen LogP contribution in [-0.2, 0) is 12.8 Å². The highest BCUT2D eigenvalue weighted by atomic mass is 16.4. The maximum Gasteiger partial charge on any atom is 0.139 e. The second kappa shape index (κ2) is 26.4. The molecule has 4 aromatic rings. The number of hydrogen-bond acceptors (Lipinski definition) is 6. The Hall–Kier alpha value is -3.68. The minimum absolute atomic E-state index is 0.557. The Morgan fingerprint density at radius 2 is 0.690 bits per heavy atom. The van der Waals surface area contributed by atoms with E-state index in [4.69, 9.17) is 0 Å². The van der Waals surface area contributed by atoms with Gasteiger partial charge in [-0.05, 0) is 81.6 Å². The van der Waals surface area contributed by atoms with Crippen molar-refractivity contribution in [3.63, 3.8) is 0 Å². The first-order valence-electron chi connectivity index (χ1n) is 22.8. The molecule has 6 N–H and O–H groups in total. The topological polar surface area (TPSA) is 121 Å². The third-order valence-electron chi connectivity index (χ3n) is 11.9. The molecule has 0 saturated carbocycles. The fourth-order valence-corrected chi connectivity index (χ4v) is 8.28. The molecular formula is C52H74O6. The van der Waals surface area contributed by atoms with E-state index in [1.807, 2.05) is 60.7 Å². The molecule has 6 heteroatoms. The van der Waals surface area contributed by atoms with Crippen LogP contribution in [0.1, 0.15) is 165 Å². The second-order valence-corrected chi connectivity index (χ2v) is 16.6. The molecule has 0 bridgehead atoms. The van der Waals surface area contributed by atoms with Gasteiger partial charge in [-0.2, -0.15) is 0 Å². The van der Waals surface area contributed by atoms with Gasteiger partial charge in [-0.3, -0.25) is 0 Å². The highest BCUT2D eigenvalue weighted by Gasteiger charge is 2.34. The number of aliphatic hydroxyl groups excluding tert-OH is 6. The summed E-state index contributed by atoms with van der Waals surface area (Å²) in [5, 5.41) is 69.5. The van der Waals surface area contributed by atoms with Crippen LogP contribution in [-0.4, -0.2) is 55.1 Å². The van der Waals surface area contributed by atoms with Gasteiger partial charge in [0, 0.05) is 0 Å². The molecule has 0 saturated heterocycles. The van der Waals surface area contributed by atoms with E-state index in [0.717, 1.165) is 47.2 Å². The van der Waals surface area contributed by atoms with Crippen LogP contribution in [0.25, 0.3) is 33.7 Å². The summed E-state index contributed by atoms with van der Waals surface area (Å²) in [6, 6.07) is 23.8. The van der Waals surface area contributed by atoms with Gasteiger partial charge in [-0.25, -0.2) is 0 Å². The lowest BCUT2D eigenvalue weighted by molar-refractivity contribution is -0.0996. The number of fused-ring (bicyclic) bond motifs is 2. The Morgan fingerprint density at radius 1 is 0.397 bits per heavy atom. The van der Waals surface area contributed by atoms with Gasteiger partial charge < -0.3 is 30.6 Å². The molecule has 58 heavy (non-hydrogen) atoms. The van der Waals surface area contributed by atoms with E-state index in [0.29, 0.717) is 11.1 Å². The summed E-state index contributed by atoms with van der Waals surface area (Å²) in [5.74, 6) is -1.11. The van der Waals surface area contributed by atoms with Gasteiger partial charge in [0.05, 0.1) is 0 Å². The fourth-order valence-electron chi connectivity index (χ4n) is 8.28. The maximum absolute atomic E-state index is 11.0. The van der Waals surface area contributed by atoms with E-state index < -0.39 is 35.9 Å². The summed E-state index contributed by atoms with van der Waals surface area (Å²) in [4.78, 5) is 0. The number of unbranched alkanes of at least 4 members (excludes halogenated alkanes) is 18. The van der Waals surface area contributed by atoms with E-state index in [1.54, 1.807) is 0 Å². The number of aryl methyl sites for hydroxylation is 2. The number of hydrogen-bond donors (Lipinski definition) is 6. The predicted octanol–water partition coefficient (Wildman–Crippen LogP) is 12.9. The van der Waals surface area contributed by atoms with Crippen molar-refractivity contribution in [1.82, 2.24) is 0 Å². The van der Waals surface area contributed by atoms with Crippen LogP contribution in [0.15, 0.2) is 84.3 Å². The van der Waals surface area contributed by atoms with Crippen LogP contribution in [0.2, 0.25) is 0 Å². The average molecular weight is 795 g/mol. The summed E-state index contributed by atoms with van der Waals surface area (Å²) < 4.78 is 0. The second-order valence-electron chi connectivity index (χ2n) is 16.6. The van der Waals surface area contributed by atoms with E-state index in [1.165, 1.54) is 139 Å². The first kappa shape index (κ1) is 47.0. The summed E-state index contributed by atoms with van der Waals surface area (Å²) in [6.07, 6.45) is 22.5. The van der Waals surface area contributed by atoms with E-state index in [9.17, 15) is 30.6 Å². The molecule has 4 rings (SSSR count). The van der Waals surface area contributed by atoms with Gasteiger partial charge in [0.1, 0.15) is 35.9 Å². The van der Waals surface area contributed by atoms with Crippen molar-refractivity contribution >= 4 is 33.7 Å². The first-order valence-corrected chi connectivity index (χ1v) is 22.8. The molecule has 0 aliphatic heterocycles. The molecule has 4 unspecified atom stereocenters. The minimum Gasteiger partial charge on any atom is -0.509 e. The fraction of sp³-hybridized carbons (Fsp3) is 0.538. The third-order valence-corrected chi connectivity index (χ3v) is 11.9. The van der Waals surface area contributed by atoms with Crippen LogP contribution < -0.4 is 0 Å². The van der Waals surface area contributed by atoms with Gasteiger partial charge in [0.25, 0.3) is 0 Å². The van der Waals surface area contributed by atoms with Gasteiger partial charge in [-0.1, -0.05) is 202 Å². The van der Waals surface area contributed by atoms with Crippen LogP contribution in [0.5, 0.6) is 0 Å². The van der Waals surface area contributed by atoms with E-state index in [-0.39, 0.29) is 0 Å². The number of aliphatic hydroxyl groups is 6. The van der Waals surface area contributed by atoms with Crippen molar-refractivity contribution in [3.05, 3.63) is 107 Å². The van der Waals surface area contributed by atoms with Crippen molar-refractivity contribution in [3.8, 4) is 0 Å². The van der Waals surface area contributed by atoms with Crippen molar-refractivity contribution < 1.29 is 30.6 Å². The molecule has 0 aliphatic rings. The van der Waals surface area contributed by atoms with Gasteiger partial charge >= 0.3 is 0 Å². The summed E-state index contributed by atoms with van der Waals surface area (Å²) in [6.45, 7) is 4.50. The highest BCUT2D eigenvalue weighted by Crippen LogP contribution is 2.29. The lowest BCUT2D eigenvalue weighted by Gasteiger charge is -2.26. The lowest BCUT2D eigenvalue weighted by Crippen LogP contribution is -2.45. The molecule has 0 aliphatic carbocycles. The SMILES string of the molecule is CCCCCCCCCCCCc1ccc(C=C(O)C(O)C(O)C(O)C(O)C(O)=Cc2ccc(CCCCCCCCCCCC)c3ccccc23)c2ccccc12. The normalized spacial score (nSPS) is 14.6. The number of rotatable bonds is 29. The monoisotopic (exact) mass is 795 g/mol. The van der Waals surface area contributed by atoms with E-state index in [2.05, 4.69) is 26.0 Å². The van der Waals surface area contributed by atoms with Gasteiger partial charge in [0.15, 0.2) is 0 Å². The zero-order valence-electron chi connectivity index (χ0n) is 35.6. The molecule has 0 amide bonds. The molecule has 4 atom stereocenters. The average Bonchev–Trinajstić information content (AvgIpc) is 3.25. The molecule has 4 aromatic carbocycles. The standard InChI is InChI=1S/C52H74O6/c1-3-5-7-9-11-13-15-17-19-21-27-39-33-35-41(45-31-25-23-29-43(39)45)37-47(53)49(55)51(57)52(58)50(56)48(54)38-42-36-34-40(44-30-24-26-32-46(42)44)28-22-20-18-16-14-12-10-8-6-4-2/h23-26,29-38,49-58H,3-22,27-28H2,1-2H3. The summed E-state index contributed by atoms with van der Waals surface area (Å²) >= 11 is 0. The Labute approximate surface area is 349 Å². The molecule has 6 nitrogen and oxygen atoms in total. The zero-order chi connectivity index (χ0) is 41.5. The predicted molar refractivity (Wildman–Crippen MR) is 244 cm³/mol. The molecule has 0 heterocycles. The van der Waals surface area contributed by atoms with Crippen LogP contribution >= 0.6 is 0 Å². The molecule has 0 spiro atoms. The summed E-state index contributed by atoms with van der Waals surface area (Å²) in [5.41, 5.74) is 3.77.